The van der Waals surface area contributed by atoms with Crippen LogP contribution in [0.4, 0.5) is 0 Å². The molecular formula is C16H18N2O4. The fourth-order valence-corrected chi connectivity index (χ4v) is 2.61. The molecule has 22 heavy (non-hydrogen) atoms. The van der Waals surface area contributed by atoms with Gasteiger partial charge in [-0.25, -0.2) is 10.3 Å². The molecule has 3 rings (SSSR count). The van der Waals surface area contributed by atoms with Gasteiger partial charge in [-0.05, 0) is 18.9 Å². The number of nitrogens with one attached hydrogen (secondary N) is 1. The van der Waals surface area contributed by atoms with Crippen LogP contribution in [0, 0.1) is 0 Å². The number of hydrogen-bond donors (Lipinski definition) is 1. The van der Waals surface area contributed by atoms with Gasteiger partial charge in [0.15, 0.2) is 6.29 Å². The van der Waals surface area contributed by atoms with Crippen molar-refractivity contribution in [1.82, 2.24) is 10.4 Å². The molecule has 0 radical (unpaired) electrons. The molecule has 2 aliphatic rings. The van der Waals surface area contributed by atoms with E-state index in [2.05, 4.69) is 12.1 Å². The lowest BCUT2D eigenvalue weighted by atomic mass is 10.1. The lowest BCUT2D eigenvalue weighted by molar-refractivity contribution is -0.200. The monoisotopic (exact) mass is 302 g/mol. The maximum atomic E-state index is 12.3. The van der Waals surface area contributed by atoms with E-state index in [1.54, 1.807) is 12.1 Å². The summed E-state index contributed by atoms with van der Waals surface area (Å²) in [5.41, 5.74) is 4.21. The predicted octanol–water partition coefficient (Wildman–Crippen LogP) is 1.69. The van der Waals surface area contributed by atoms with Gasteiger partial charge in [-0.1, -0.05) is 24.8 Å². The summed E-state index contributed by atoms with van der Waals surface area (Å²) < 4.78 is 5.36. The van der Waals surface area contributed by atoms with Crippen molar-refractivity contribution in [3.05, 3.63) is 42.0 Å². The molecule has 0 aliphatic carbocycles. The van der Waals surface area contributed by atoms with Gasteiger partial charge in [0, 0.05) is 29.9 Å². The fraction of sp³-hybridized carbons (Fsp3) is 0.375. The molecule has 1 fully saturated rings. The van der Waals surface area contributed by atoms with E-state index in [1.165, 1.54) is 4.90 Å². The summed E-state index contributed by atoms with van der Waals surface area (Å²) >= 11 is 0. The Morgan fingerprint density at radius 3 is 2.82 bits per heavy atom. The van der Waals surface area contributed by atoms with Crippen molar-refractivity contribution >= 4 is 17.5 Å². The van der Waals surface area contributed by atoms with Gasteiger partial charge in [-0.15, -0.1) is 0 Å². The topological polar surface area (TPSA) is 67.9 Å². The number of benzene rings is 1. The Labute approximate surface area is 128 Å². The Morgan fingerprint density at radius 1 is 1.36 bits per heavy atom. The zero-order valence-corrected chi connectivity index (χ0v) is 12.2. The molecule has 6 heteroatoms. The summed E-state index contributed by atoms with van der Waals surface area (Å²) in [5.74, 6) is -0.624. The summed E-state index contributed by atoms with van der Waals surface area (Å²) in [6, 6.07) is 7.18. The van der Waals surface area contributed by atoms with E-state index in [1.807, 2.05) is 12.1 Å². The molecule has 1 unspecified atom stereocenters. The van der Waals surface area contributed by atoms with Crippen molar-refractivity contribution in [3.8, 4) is 0 Å². The van der Waals surface area contributed by atoms with E-state index in [0.717, 1.165) is 24.8 Å². The van der Waals surface area contributed by atoms with Crippen LogP contribution in [-0.2, 0) is 14.4 Å². The first-order valence-electron chi connectivity index (χ1n) is 7.33. The van der Waals surface area contributed by atoms with Crippen LogP contribution >= 0.6 is 0 Å². The summed E-state index contributed by atoms with van der Waals surface area (Å²) in [7, 11) is 0. The van der Waals surface area contributed by atoms with Gasteiger partial charge in [-0.2, -0.15) is 0 Å². The van der Waals surface area contributed by atoms with E-state index in [-0.39, 0.29) is 12.5 Å². The van der Waals surface area contributed by atoms with Crippen LogP contribution < -0.4 is 5.48 Å². The van der Waals surface area contributed by atoms with Crippen LogP contribution in [0.2, 0.25) is 0 Å². The smallest absolute Gasteiger partial charge is 0.263 e. The average Bonchev–Trinajstić information content (AvgIpc) is 2.79. The van der Waals surface area contributed by atoms with Crippen molar-refractivity contribution in [2.45, 2.75) is 25.6 Å². The number of carbonyl (C=O) groups excluding carboxylic acids is 2. The third-order valence-corrected chi connectivity index (χ3v) is 3.78. The van der Waals surface area contributed by atoms with E-state index >= 15 is 0 Å². The number of carbonyl (C=O) groups is 2. The highest BCUT2D eigenvalue weighted by atomic mass is 16.8. The average molecular weight is 302 g/mol. The molecule has 2 aliphatic heterocycles. The lowest BCUT2D eigenvalue weighted by Crippen LogP contribution is -2.39. The first kappa shape index (κ1) is 14.7. The van der Waals surface area contributed by atoms with Gasteiger partial charge in [0.05, 0.1) is 0 Å². The molecule has 1 N–H and O–H groups in total. The van der Waals surface area contributed by atoms with Gasteiger partial charge >= 0.3 is 0 Å². The van der Waals surface area contributed by atoms with Crippen molar-refractivity contribution < 1.29 is 19.2 Å². The standard InChI is InChI=1S/C16H18N2O4/c1-11-12-6-2-3-7-13(12)16(20)18(11)10-14(19)17-22-15-8-4-5-9-21-15/h2-3,6-7,15H,1,4-5,8-10H2,(H,17,19). The molecule has 1 aromatic rings. The Morgan fingerprint density at radius 2 is 2.14 bits per heavy atom. The molecule has 6 nitrogen and oxygen atoms in total. The highest BCUT2D eigenvalue weighted by Gasteiger charge is 2.32. The third-order valence-electron chi connectivity index (χ3n) is 3.78. The zero-order chi connectivity index (χ0) is 15.5. The largest absolute Gasteiger partial charge is 0.350 e. The predicted molar refractivity (Wildman–Crippen MR) is 79.3 cm³/mol. The van der Waals surface area contributed by atoms with Crippen LogP contribution in [0.5, 0.6) is 0 Å². The second kappa shape index (κ2) is 6.29. The number of hydrogen-bond acceptors (Lipinski definition) is 4. The second-order valence-corrected chi connectivity index (χ2v) is 5.32. The van der Waals surface area contributed by atoms with Crippen molar-refractivity contribution in [2.75, 3.05) is 13.2 Å². The summed E-state index contributed by atoms with van der Waals surface area (Å²) in [5, 5.41) is 0. The summed E-state index contributed by atoms with van der Waals surface area (Å²) in [4.78, 5) is 30.8. The molecule has 1 aromatic carbocycles. The van der Waals surface area contributed by atoms with Gasteiger partial charge in [0.2, 0.25) is 0 Å². The minimum atomic E-state index is -0.410. The van der Waals surface area contributed by atoms with Gasteiger partial charge in [0.1, 0.15) is 6.54 Å². The molecule has 0 spiro atoms. The van der Waals surface area contributed by atoms with Gasteiger partial charge < -0.3 is 4.74 Å². The Kier molecular flexibility index (Phi) is 4.22. The quantitative estimate of drug-likeness (QED) is 0.859. The number of fused-ring (bicyclic) bond motifs is 1. The molecule has 0 aromatic heterocycles. The molecule has 116 valence electrons. The summed E-state index contributed by atoms with van der Waals surface area (Å²) in [6.45, 7) is 4.40. The minimum absolute atomic E-state index is 0.126. The molecule has 0 bridgehead atoms. The Bertz CT molecular complexity index is 573. The lowest BCUT2D eigenvalue weighted by Gasteiger charge is -2.23. The maximum Gasteiger partial charge on any atom is 0.263 e. The fourth-order valence-electron chi connectivity index (χ4n) is 2.61. The Hall–Kier alpha value is -2.18. The number of nitrogens with zero attached hydrogens (tertiary/aromatic N) is 1. The van der Waals surface area contributed by atoms with Crippen LogP contribution in [0.15, 0.2) is 30.8 Å². The first-order chi connectivity index (χ1) is 10.7. The maximum absolute atomic E-state index is 12.3. The highest BCUT2D eigenvalue weighted by molar-refractivity contribution is 6.10. The first-order valence-corrected chi connectivity index (χ1v) is 7.33. The number of hydroxylamine groups is 1. The van der Waals surface area contributed by atoms with E-state index in [4.69, 9.17) is 9.57 Å². The van der Waals surface area contributed by atoms with E-state index in [0.29, 0.717) is 17.9 Å². The summed E-state index contributed by atoms with van der Waals surface area (Å²) in [6.07, 6.45) is 2.36. The normalized spacial score (nSPS) is 20.9. The van der Waals surface area contributed by atoms with Crippen molar-refractivity contribution in [3.63, 3.8) is 0 Å². The SMILES string of the molecule is C=C1c2ccccc2C(=O)N1CC(=O)NOC1CCCCO1. The van der Waals surface area contributed by atoms with Gasteiger partial charge in [0.25, 0.3) is 11.8 Å². The number of ether oxygens (including phenoxy) is 1. The van der Waals surface area contributed by atoms with Crippen LogP contribution in [0.3, 0.4) is 0 Å². The van der Waals surface area contributed by atoms with E-state index in [9.17, 15) is 9.59 Å². The number of rotatable bonds is 4. The van der Waals surface area contributed by atoms with Gasteiger partial charge in [-0.3, -0.25) is 14.5 Å². The Balaban J connectivity index is 1.56. The highest BCUT2D eigenvalue weighted by Crippen LogP contribution is 2.30. The molecule has 1 saturated heterocycles. The van der Waals surface area contributed by atoms with Crippen LogP contribution in [-0.4, -0.2) is 36.2 Å². The minimum Gasteiger partial charge on any atom is -0.350 e. The molecule has 2 amide bonds. The molecule has 2 heterocycles. The van der Waals surface area contributed by atoms with Crippen LogP contribution in [0.1, 0.15) is 35.2 Å². The number of amides is 2. The molecular weight excluding hydrogens is 284 g/mol. The van der Waals surface area contributed by atoms with E-state index < -0.39 is 12.2 Å². The van der Waals surface area contributed by atoms with Crippen molar-refractivity contribution in [1.29, 1.82) is 0 Å². The third kappa shape index (κ3) is 2.88. The molecule has 0 saturated carbocycles. The zero-order valence-electron chi connectivity index (χ0n) is 12.2. The molecule has 1 atom stereocenters. The second-order valence-electron chi connectivity index (χ2n) is 5.32. The van der Waals surface area contributed by atoms with Crippen LogP contribution in [0.25, 0.3) is 5.70 Å². The van der Waals surface area contributed by atoms with Crippen molar-refractivity contribution in [2.24, 2.45) is 0 Å².